The molecule has 4 heteroatoms. The van der Waals surface area contributed by atoms with Gasteiger partial charge in [-0.3, -0.25) is 0 Å². The molecule has 1 aromatic carbocycles. The molecule has 1 aromatic rings. The Kier molecular flexibility index (Phi) is 2.09. The van der Waals surface area contributed by atoms with Crippen LogP contribution in [0.15, 0.2) is 18.2 Å². The van der Waals surface area contributed by atoms with E-state index >= 15 is 0 Å². The fraction of sp³-hybridized carbons (Fsp3) is 0.500. The molecular formula is C12H15NO3. The Bertz CT molecular complexity index is 415. The van der Waals surface area contributed by atoms with Crippen LogP contribution < -0.4 is 14.8 Å². The van der Waals surface area contributed by atoms with Crippen LogP contribution >= 0.6 is 0 Å². The van der Waals surface area contributed by atoms with E-state index in [2.05, 4.69) is 5.32 Å². The van der Waals surface area contributed by atoms with Gasteiger partial charge in [0.15, 0.2) is 0 Å². The Balaban J connectivity index is 1.97. The van der Waals surface area contributed by atoms with Crippen LogP contribution in [0.25, 0.3) is 0 Å². The first kappa shape index (κ1) is 9.93. The van der Waals surface area contributed by atoms with Crippen molar-refractivity contribution in [3.63, 3.8) is 0 Å². The summed E-state index contributed by atoms with van der Waals surface area (Å²) in [6.45, 7) is 1.63. The lowest BCUT2D eigenvalue weighted by atomic mass is 9.84. The standard InChI is InChI=1S/C12H15NO3/c1-15-8-2-3-11-9(4-8)10(14)5-12(16-11)6-13-7-12/h2-4,10,13-14H,5-7H2,1H3/t10-/m1/s1. The lowest BCUT2D eigenvalue weighted by Crippen LogP contribution is -2.64. The van der Waals surface area contributed by atoms with Crippen molar-refractivity contribution >= 4 is 0 Å². The van der Waals surface area contributed by atoms with Gasteiger partial charge in [0.25, 0.3) is 0 Å². The molecule has 0 aliphatic carbocycles. The Hall–Kier alpha value is -1.26. The van der Waals surface area contributed by atoms with E-state index in [1.165, 1.54) is 0 Å². The summed E-state index contributed by atoms with van der Waals surface area (Å²) >= 11 is 0. The van der Waals surface area contributed by atoms with Gasteiger partial charge in [0.2, 0.25) is 0 Å². The number of nitrogens with one attached hydrogen (secondary N) is 1. The van der Waals surface area contributed by atoms with Crippen molar-refractivity contribution in [1.82, 2.24) is 5.32 Å². The van der Waals surface area contributed by atoms with Crippen molar-refractivity contribution in [1.29, 1.82) is 0 Å². The number of aliphatic hydroxyl groups excluding tert-OH is 1. The van der Waals surface area contributed by atoms with Gasteiger partial charge in [0, 0.05) is 25.1 Å². The molecule has 1 atom stereocenters. The topological polar surface area (TPSA) is 50.7 Å². The largest absolute Gasteiger partial charge is 0.497 e. The summed E-state index contributed by atoms with van der Waals surface area (Å²) < 4.78 is 11.1. The SMILES string of the molecule is COc1ccc2c(c1)[C@H](O)CC1(CNC1)O2. The molecule has 0 aromatic heterocycles. The quantitative estimate of drug-likeness (QED) is 0.738. The van der Waals surface area contributed by atoms with E-state index in [4.69, 9.17) is 9.47 Å². The molecule has 2 aliphatic heterocycles. The molecule has 1 spiro atoms. The molecule has 2 heterocycles. The number of methoxy groups -OCH3 is 1. The highest BCUT2D eigenvalue weighted by molar-refractivity contribution is 5.44. The van der Waals surface area contributed by atoms with Crippen LogP contribution in [0, 0.1) is 0 Å². The first-order valence-corrected chi connectivity index (χ1v) is 5.48. The normalized spacial score (nSPS) is 25.5. The van der Waals surface area contributed by atoms with Crippen molar-refractivity contribution < 1.29 is 14.6 Å². The first-order valence-electron chi connectivity index (χ1n) is 5.48. The van der Waals surface area contributed by atoms with Gasteiger partial charge in [-0.25, -0.2) is 0 Å². The van der Waals surface area contributed by atoms with E-state index in [0.29, 0.717) is 6.42 Å². The van der Waals surface area contributed by atoms with E-state index < -0.39 is 6.10 Å². The first-order chi connectivity index (χ1) is 7.72. The summed E-state index contributed by atoms with van der Waals surface area (Å²) in [7, 11) is 1.62. The molecule has 3 rings (SSSR count). The van der Waals surface area contributed by atoms with Gasteiger partial charge in [-0.15, -0.1) is 0 Å². The number of fused-ring (bicyclic) bond motifs is 1. The minimum atomic E-state index is -0.457. The van der Waals surface area contributed by atoms with Crippen molar-refractivity contribution in [3.8, 4) is 11.5 Å². The minimum absolute atomic E-state index is 0.193. The zero-order valence-electron chi connectivity index (χ0n) is 9.19. The van der Waals surface area contributed by atoms with Crippen molar-refractivity contribution in [3.05, 3.63) is 23.8 Å². The molecule has 0 unspecified atom stereocenters. The lowest BCUT2D eigenvalue weighted by Gasteiger charge is -2.47. The molecule has 4 nitrogen and oxygen atoms in total. The van der Waals surface area contributed by atoms with E-state index in [-0.39, 0.29) is 5.60 Å². The number of aliphatic hydroxyl groups is 1. The second kappa shape index (κ2) is 3.37. The predicted octanol–water partition coefficient (Wildman–Crippen LogP) is 0.853. The second-order valence-corrected chi connectivity index (χ2v) is 4.51. The highest BCUT2D eigenvalue weighted by Crippen LogP contribution is 2.42. The van der Waals surface area contributed by atoms with Gasteiger partial charge in [-0.2, -0.15) is 0 Å². The number of ether oxygens (including phenoxy) is 2. The molecule has 0 radical (unpaired) electrons. The van der Waals surface area contributed by atoms with Crippen molar-refractivity contribution in [2.75, 3.05) is 20.2 Å². The van der Waals surface area contributed by atoms with Crippen LogP contribution in [0.1, 0.15) is 18.1 Å². The summed E-state index contributed by atoms with van der Waals surface area (Å²) in [5.41, 5.74) is 0.637. The summed E-state index contributed by atoms with van der Waals surface area (Å²) in [4.78, 5) is 0. The van der Waals surface area contributed by atoms with Gasteiger partial charge >= 0.3 is 0 Å². The van der Waals surface area contributed by atoms with Gasteiger partial charge in [-0.1, -0.05) is 0 Å². The molecule has 0 amide bonds. The third-order valence-electron chi connectivity index (χ3n) is 3.36. The van der Waals surface area contributed by atoms with Gasteiger partial charge in [0.1, 0.15) is 17.1 Å². The summed E-state index contributed by atoms with van der Waals surface area (Å²) in [6.07, 6.45) is 0.195. The van der Waals surface area contributed by atoms with Crippen LogP contribution in [-0.4, -0.2) is 30.9 Å². The van der Waals surface area contributed by atoms with Gasteiger partial charge in [0.05, 0.1) is 13.2 Å². The summed E-state index contributed by atoms with van der Waals surface area (Å²) in [5, 5.41) is 13.3. The third-order valence-corrected chi connectivity index (χ3v) is 3.36. The Morgan fingerprint density at radius 2 is 2.31 bits per heavy atom. The van der Waals surface area contributed by atoms with E-state index in [9.17, 15) is 5.11 Å². The molecule has 2 N–H and O–H groups in total. The summed E-state index contributed by atoms with van der Waals surface area (Å²) in [5.74, 6) is 1.53. The van der Waals surface area contributed by atoms with E-state index in [1.807, 2.05) is 18.2 Å². The third kappa shape index (κ3) is 1.37. The maximum Gasteiger partial charge on any atom is 0.136 e. The molecule has 2 aliphatic rings. The monoisotopic (exact) mass is 221 g/mol. The van der Waals surface area contributed by atoms with Crippen LogP contribution in [0.3, 0.4) is 0 Å². The average Bonchev–Trinajstić information content (AvgIpc) is 2.26. The number of hydrogen-bond donors (Lipinski definition) is 2. The van der Waals surface area contributed by atoms with Crippen LogP contribution in [0.2, 0.25) is 0 Å². The van der Waals surface area contributed by atoms with Crippen LogP contribution in [0.5, 0.6) is 11.5 Å². The van der Waals surface area contributed by atoms with E-state index in [0.717, 1.165) is 30.2 Å². The number of rotatable bonds is 1. The predicted molar refractivity (Wildman–Crippen MR) is 58.8 cm³/mol. The number of hydrogen-bond acceptors (Lipinski definition) is 4. The van der Waals surface area contributed by atoms with Crippen LogP contribution in [-0.2, 0) is 0 Å². The Morgan fingerprint density at radius 1 is 1.50 bits per heavy atom. The fourth-order valence-corrected chi connectivity index (χ4v) is 2.36. The zero-order valence-corrected chi connectivity index (χ0v) is 9.19. The van der Waals surface area contributed by atoms with Crippen LogP contribution in [0.4, 0.5) is 0 Å². The van der Waals surface area contributed by atoms with Crippen molar-refractivity contribution in [2.45, 2.75) is 18.1 Å². The molecule has 0 saturated carbocycles. The Labute approximate surface area is 94.2 Å². The highest BCUT2D eigenvalue weighted by Gasteiger charge is 2.45. The maximum atomic E-state index is 10.1. The number of benzene rings is 1. The van der Waals surface area contributed by atoms with Gasteiger partial charge in [-0.05, 0) is 18.2 Å². The van der Waals surface area contributed by atoms with E-state index in [1.54, 1.807) is 7.11 Å². The second-order valence-electron chi connectivity index (χ2n) is 4.51. The molecule has 16 heavy (non-hydrogen) atoms. The van der Waals surface area contributed by atoms with Gasteiger partial charge < -0.3 is 19.9 Å². The zero-order chi connectivity index (χ0) is 11.2. The fourth-order valence-electron chi connectivity index (χ4n) is 2.36. The smallest absolute Gasteiger partial charge is 0.136 e. The van der Waals surface area contributed by atoms with Crippen molar-refractivity contribution in [2.24, 2.45) is 0 Å². The Morgan fingerprint density at radius 3 is 2.94 bits per heavy atom. The minimum Gasteiger partial charge on any atom is -0.497 e. The molecule has 86 valence electrons. The summed E-state index contributed by atoms with van der Waals surface area (Å²) in [6, 6.07) is 5.58. The molecule has 1 saturated heterocycles. The molecular weight excluding hydrogens is 206 g/mol. The average molecular weight is 221 g/mol. The molecule has 0 bridgehead atoms. The lowest BCUT2D eigenvalue weighted by molar-refractivity contribution is -0.0483. The molecule has 1 fully saturated rings. The highest BCUT2D eigenvalue weighted by atomic mass is 16.5. The maximum absolute atomic E-state index is 10.1.